The first-order valence-corrected chi connectivity index (χ1v) is 10.7. The molecule has 1 unspecified atom stereocenters. The molecule has 3 aromatic rings. The van der Waals surface area contributed by atoms with Gasteiger partial charge in [0, 0.05) is 16.3 Å². The molecule has 1 aliphatic heterocycles. The van der Waals surface area contributed by atoms with Crippen LogP contribution in [0.2, 0.25) is 0 Å². The lowest BCUT2D eigenvalue weighted by molar-refractivity contribution is -0.169. The number of ether oxygens (including phenoxy) is 2. The third-order valence-corrected chi connectivity index (χ3v) is 6.21. The molecule has 0 spiro atoms. The third kappa shape index (κ3) is 4.09. The number of halogens is 1. The summed E-state index contributed by atoms with van der Waals surface area (Å²) in [6.45, 7) is 0.129. The van der Waals surface area contributed by atoms with E-state index < -0.39 is 30.8 Å². The van der Waals surface area contributed by atoms with E-state index in [4.69, 9.17) is 20.9 Å². The van der Waals surface area contributed by atoms with Crippen LogP contribution in [0.5, 0.6) is 0 Å². The minimum absolute atomic E-state index is 0.129. The summed E-state index contributed by atoms with van der Waals surface area (Å²) in [5, 5.41) is 21.4. The second-order valence-corrected chi connectivity index (χ2v) is 8.55. The van der Waals surface area contributed by atoms with Crippen LogP contribution in [0.1, 0.15) is 11.8 Å². The number of rotatable bonds is 7. The summed E-state index contributed by atoms with van der Waals surface area (Å²) < 4.78 is 14.2. The molecule has 12 nitrogen and oxygen atoms in total. The lowest BCUT2D eigenvalue weighted by Crippen LogP contribution is -2.48. The number of aliphatic hydroxyl groups is 2. The Morgan fingerprint density at radius 1 is 1.31 bits per heavy atom. The monoisotopic (exact) mass is 555 g/mol. The van der Waals surface area contributed by atoms with Gasteiger partial charge in [0.2, 0.25) is 6.41 Å². The fourth-order valence-electron chi connectivity index (χ4n) is 3.55. The van der Waals surface area contributed by atoms with Gasteiger partial charge in [0.1, 0.15) is 30.2 Å². The van der Waals surface area contributed by atoms with Crippen molar-refractivity contribution in [1.29, 1.82) is 0 Å². The molecular weight excluding hydrogens is 533 g/mol. The van der Waals surface area contributed by atoms with Crippen LogP contribution in [0.25, 0.3) is 11.2 Å². The molecule has 1 fully saturated rings. The molecule has 4 rings (SSSR count). The molecule has 0 saturated carbocycles. The summed E-state index contributed by atoms with van der Waals surface area (Å²) >= 11 is 2.12. The van der Waals surface area contributed by atoms with E-state index in [0.29, 0.717) is 23.3 Å². The van der Waals surface area contributed by atoms with Crippen LogP contribution < -0.4 is 11.5 Å². The van der Waals surface area contributed by atoms with Gasteiger partial charge < -0.3 is 36.1 Å². The van der Waals surface area contributed by atoms with Gasteiger partial charge in [-0.1, -0.05) is 6.07 Å². The summed E-state index contributed by atoms with van der Waals surface area (Å²) in [4.78, 5) is 24.9. The van der Waals surface area contributed by atoms with Gasteiger partial charge >= 0.3 is 0 Å². The van der Waals surface area contributed by atoms with Crippen molar-refractivity contribution >= 4 is 51.7 Å². The number of likely N-dealkylation sites (N-methyl/N-ethyl adjacent to an activating group) is 1. The van der Waals surface area contributed by atoms with Crippen molar-refractivity contribution in [3.8, 4) is 0 Å². The van der Waals surface area contributed by atoms with E-state index in [2.05, 4.69) is 37.5 Å². The summed E-state index contributed by atoms with van der Waals surface area (Å²) in [6.07, 6.45) is -2.51. The van der Waals surface area contributed by atoms with Gasteiger partial charge in [-0.2, -0.15) is 0 Å². The molecule has 0 aliphatic carbocycles. The molecule has 6 N–H and O–H groups in total. The zero-order valence-corrected chi connectivity index (χ0v) is 19.1. The molecular formula is C19H22IN7O5. The van der Waals surface area contributed by atoms with E-state index in [1.807, 2.05) is 6.07 Å². The van der Waals surface area contributed by atoms with Crippen molar-refractivity contribution in [2.24, 2.45) is 0 Å². The normalized spacial score (nSPS) is 24.0. The highest BCUT2D eigenvalue weighted by molar-refractivity contribution is 14.1. The SMILES string of the molecule is CN(C=O)C(OCc1ccc(N)c(I)c1)[C@H]1O[C@@H](n2cnc3c(N)ncnc32)[C@H](O)[C@@H]1O. The number of carbonyl (C=O) groups excluding carboxylic acids is 1. The zero-order valence-electron chi connectivity index (χ0n) is 16.9. The van der Waals surface area contributed by atoms with Gasteiger partial charge in [-0.25, -0.2) is 15.0 Å². The number of amides is 1. The topological polar surface area (TPSA) is 175 Å². The number of carbonyl (C=O) groups is 1. The maximum Gasteiger partial charge on any atom is 0.211 e. The van der Waals surface area contributed by atoms with E-state index >= 15 is 0 Å². The van der Waals surface area contributed by atoms with Gasteiger partial charge in [0.05, 0.1) is 12.9 Å². The fraction of sp³-hybridized carbons (Fsp3) is 0.368. The quantitative estimate of drug-likeness (QED) is 0.133. The summed E-state index contributed by atoms with van der Waals surface area (Å²) in [5.41, 5.74) is 13.8. The molecule has 2 aromatic heterocycles. The Balaban J connectivity index is 1.58. The predicted octanol–water partition coefficient (Wildman–Crippen LogP) is -0.154. The van der Waals surface area contributed by atoms with Crippen molar-refractivity contribution in [2.45, 2.75) is 37.4 Å². The van der Waals surface area contributed by atoms with E-state index in [9.17, 15) is 15.0 Å². The Hall–Kier alpha value is -2.59. The molecule has 0 bridgehead atoms. The van der Waals surface area contributed by atoms with Gasteiger partial charge in [0.15, 0.2) is 23.9 Å². The Morgan fingerprint density at radius 3 is 2.81 bits per heavy atom. The Morgan fingerprint density at radius 2 is 2.09 bits per heavy atom. The van der Waals surface area contributed by atoms with Crippen molar-refractivity contribution in [3.63, 3.8) is 0 Å². The smallest absolute Gasteiger partial charge is 0.211 e. The molecule has 1 aromatic carbocycles. The first-order valence-electron chi connectivity index (χ1n) is 9.59. The molecule has 1 saturated heterocycles. The number of nitrogen functional groups attached to an aromatic ring is 2. The van der Waals surface area contributed by atoms with Crippen molar-refractivity contribution in [1.82, 2.24) is 24.4 Å². The Bertz CT molecular complexity index is 1130. The van der Waals surface area contributed by atoms with Crippen LogP contribution in [-0.2, 0) is 20.9 Å². The molecule has 5 atom stereocenters. The number of hydrogen-bond donors (Lipinski definition) is 4. The summed E-state index contributed by atoms with van der Waals surface area (Å²) in [5.74, 6) is 0.179. The first-order chi connectivity index (χ1) is 15.3. The largest absolute Gasteiger partial charge is 0.398 e. The minimum Gasteiger partial charge on any atom is -0.398 e. The van der Waals surface area contributed by atoms with Gasteiger partial charge in [0.25, 0.3) is 0 Å². The van der Waals surface area contributed by atoms with Crippen molar-refractivity contribution < 1.29 is 24.5 Å². The molecule has 3 heterocycles. The summed E-state index contributed by atoms with van der Waals surface area (Å²) in [6, 6.07) is 5.43. The molecule has 1 aliphatic rings. The van der Waals surface area contributed by atoms with E-state index in [-0.39, 0.29) is 12.4 Å². The highest BCUT2D eigenvalue weighted by Crippen LogP contribution is 2.34. The number of anilines is 2. The Labute approximate surface area is 196 Å². The third-order valence-electron chi connectivity index (χ3n) is 5.27. The standard InChI is InChI=1S/C19H22IN7O5/c1-26(8-28)19(31-5-9-2-3-11(21)10(20)4-9)15-13(29)14(30)18(32-15)27-7-25-12-16(22)23-6-24-17(12)27/h2-4,6-8,13-15,18-19,29-30H,5,21H2,1H3,(H2,22,23,24)/t13-,14+,15-,18+,19?/m0/s1. The Kier molecular flexibility index (Phi) is 6.43. The number of nitrogens with zero attached hydrogens (tertiary/aromatic N) is 5. The number of aromatic nitrogens is 4. The lowest BCUT2D eigenvalue weighted by Gasteiger charge is -2.31. The first kappa shape index (κ1) is 22.6. The highest BCUT2D eigenvalue weighted by atomic mass is 127. The lowest BCUT2D eigenvalue weighted by atomic mass is 10.1. The van der Waals surface area contributed by atoms with Crippen LogP contribution >= 0.6 is 22.6 Å². The van der Waals surface area contributed by atoms with Crippen LogP contribution in [-0.4, -0.2) is 72.6 Å². The van der Waals surface area contributed by atoms with Crippen molar-refractivity contribution in [2.75, 3.05) is 18.5 Å². The second kappa shape index (κ2) is 9.11. The van der Waals surface area contributed by atoms with E-state index in [0.717, 1.165) is 9.13 Å². The number of imidazole rings is 1. The van der Waals surface area contributed by atoms with Gasteiger partial charge in [-0.15, -0.1) is 0 Å². The molecule has 1 amide bonds. The van der Waals surface area contributed by atoms with Gasteiger partial charge in [-0.05, 0) is 40.3 Å². The van der Waals surface area contributed by atoms with Crippen LogP contribution in [0.3, 0.4) is 0 Å². The molecule has 13 heteroatoms. The number of nitrogens with two attached hydrogens (primary N) is 2. The number of aliphatic hydroxyl groups excluding tert-OH is 2. The average molecular weight is 555 g/mol. The molecule has 170 valence electrons. The number of hydrogen-bond acceptors (Lipinski definition) is 10. The number of benzene rings is 1. The second-order valence-electron chi connectivity index (χ2n) is 7.38. The van der Waals surface area contributed by atoms with Crippen LogP contribution in [0, 0.1) is 3.57 Å². The van der Waals surface area contributed by atoms with Crippen molar-refractivity contribution in [3.05, 3.63) is 40.0 Å². The minimum atomic E-state index is -1.35. The highest BCUT2D eigenvalue weighted by Gasteiger charge is 2.49. The zero-order chi connectivity index (χ0) is 23.0. The maximum atomic E-state index is 11.5. The predicted molar refractivity (Wildman–Crippen MR) is 122 cm³/mol. The number of fused-ring (bicyclic) bond motifs is 1. The van der Waals surface area contributed by atoms with E-state index in [1.165, 1.54) is 29.2 Å². The molecule has 32 heavy (non-hydrogen) atoms. The average Bonchev–Trinajstić information content (AvgIpc) is 3.33. The maximum absolute atomic E-state index is 11.5. The van der Waals surface area contributed by atoms with E-state index in [1.54, 1.807) is 12.1 Å². The summed E-state index contributed by atoms with van der Waals surface area (Å²) in [7, 11) is 1.50. The molecule has 0 radical (unpaired) electrons. The fourth-order valence-corrected chi connectivity index (χ4v) is 4.13. The van der Waals surface area contributed by atoms with Crippen LogP contribution in [0.4, 0.5) is 11.5 Å². The van der Waals surface area contributed by atoms with Crippen LogP contribution in [0.15, 0.2) is 30.9 Å². The van der Waals surface area contributed by atoms with Gasteiger partial charge in [-0.3, -0.25) is 9.36 Å².